The summed E-state index contributed by atoms with van der Waals surface area (Å²) in [4.78, 5) is 7.03. The van der Waals surface area contributed by atoms with Crippen LogP contribution in [0.1, 0.15) is 25.8 Å². The number of hydrogen-bond acceptors (Lipinski definition) is 8. The molecule has 0 spiro atoms. The zero-order chi connectivity index (χ0) is 24.8. The second kappa shape index (κ2) is 9.25. The minimum absolute atomic E-state index is 0.219. The van der Waals surface area contributed by atoms with E-state index in [9.17, 15) is 4.39 Å². The molecule has 1 aromatic carbocycles. The largest absolute Gasteiger partial charge is 0.479 e. The first-order valence-electron chi connectivity index (χ1n) is 12.2. The maximum Gasteiger partial charge on any atom is 0.244 e. The zero-order valence-electron chi connectivity index (χ0n) is 20.2. The van der Waals surface area contributed by atoms with Crippen LogP contribution >= 0.6 is 0 Å². The Morgan fingerprint density at radius 2 is 2.06 bits per heavy atom. The molecule has 0 aliphatic carbocycles. The van der Waals surface area contributed by atoms with Gasteiger partial charge in [-0.2, -0.15) is 4.98 Å². The molecule has 2 fully saturated rings. The van der Waals surface area contributed by atoms with Gasteiger partial charge in [-0.15, -0.1) is 10.2 Å². The van der Waals surface area contributed by atoms with Crippen molar-refractivity contribution in [2.24, 2.45) is 0 Å². The number of fused-ring (bicyclic) bond motifs is 2. The molecule has 0 unspecified atom stereocenters. The van der Waals surface area contributed by atoms with Crippen molar-refractivity contribution >= 4 is 22.5 Å². The number of methoxy groups -OCH3 is 1. The number of likely N-dealkylation sites (tertiary alicyclic amines) is 1. The minimum Gasteiger partial charge on any atom is -0.479 e. The van der Waals surface area contributed by atoms with Crippen LogP contribution < -0.4 is 10.1 Å². The number of halogens is 2. The van der Waals surface area contributed by atoms with Crippen molar-refractivity contribution in [3.8, 4) is 17.0 Å². The van der Waals surface area contributed by atoms with Gasteiger partial charge in [-0.25, -0.2) is 18.0 Å². The average molecular weight is 499 g/mol. The lowest BCUT2D eigenvalue weighted by atomic mass is 10.0. The van der Waals surface area contributed by atoms with E-state index < -0.39 is 18.5 Å². The Morgan fingerprint density at radius 3 is 2.75 bits per heavy atom. The van der Waals surface area contributed by atoms with E-state index in [-0.39, 0.29) is 11.9 Å². The highest BCUT2D eigenvalue weighted by atomic mass is 19.1. The molecule has 3 aromatic heterocycles. The molecular formula is C24H28F2N8O2. The molecule has 36 heavy (non-hydrogen) atoms. The smallest absolute Gasteiger partial charge is 0.244 e. The standard InChI is InChI=1S/C24H28F2N8O2/c1-14(10-25)34-20-9-15(3-4-19(20)29-31-34)21-18(26)11-33-22(21)23(35-2)28-24(30-33)27-16-5-7-32(8-6-16)17-12-36-13-17/h3-4,9,11,14,16-17H,5-8,10,12-13H2,1-2H3,(H,27,30)/t14-/m1/s1. The van der Waals surface area contributed by atoms with Crippen molar-refractivity contribution < 1.29 is 18.3 Å². The second-order valence-electron chi connectivity index (χ2n) is 9.48. The van der Waals surface area contributed by atoms with Gasteiger partial charge in [0.1, 0.15) is 17.7 Å². The highest BCUT2D eigenvalue weighted by molar-refractivity contribution is 5.89. The molecule has 0 saturated carbocycles. The number of nitrogens with zero attached hydrogens (tertiary/aromatic N) is 7. The van der Waals surface area contributed by atoms with E-state index in [4.69, 9.17) is 9.47 Å². The molecular weight excluding hydrogens is 470 g/mol. The van der Waals surface area contributed by atoms with Crippen LogP contribution in [0, 0.1) is 5.82 Å². The molecule has 12 heteroatoms. The van der Waals surface area contributed by atoms with E-state index in [1.165, 1.54) is 22.5 Å². The van der Waals surface area contributed by atoms with E-state index in [1.54, 1.807) is 25.1 Å². The number of piperidine rings is 1. The van der Waals surface area contributed by atoms with E-state index in [1.807, 2.05) is 0 Å². The van der Waals surface area contributed by atoms with E-state index >= 15 is 4.39 Å². The average Bonchev–Trinajstić information content (AvgIpc) is 3.43. The third kappa shape index (κ3) is 3.94. The topological polar surface area (TPSA) is 94.6 Å². The normalized spacial score (nSPS) is 18.6. The van der Waals surface area contributed by atoms with Gasteiger partial charge in [-0.3, -0.25) is 4.90 Å². The van der Waals surface area contributed by atoms with Crippen molar-refractivity contribution in [3.05, 3.63) is 30.2 Å². The quantitative estimate of drug-likeness (QED) is 0.416. The lowest BCUT2D eigenvalue weighted by molar-refractivity contribution is -0.0705. The van der Waals surface area contributed by atoms with Crippen molar-refractivity contribution in [2.75, 3.05) is 45.4 Å². The maximum absolute atomic E-state index is 15.3. The Hall–Kier alpha value is -3.38. The van der Waals surface area contributed by atoms with Crippen LogP contribution in [0.4, 0.5) is 14.7 Å². The molecule has 0 amide bonds. The summed E-state index contributed by atoms with van der Waals surface area (Å²) in [6.07, 6.45) is 3.25. The van der Waals surface area contributed by atoms with Crippen LogP contribution in [0.2, 0.25) is 0 Å². The van der Waals surface area contributed by atoms with Crippen molar-refractivity contribution in [1.82, 2.24) is 34.5 Å². The van der Waals surface area contributed by atoms with Crippen molar-refractivity contribution in [3.63, 3.8) is 0 Å². The Kier molecular flexibility index (Phi) is 5.92. The van der Waals surface area contributed by atoms with Crippen LogP contribution in [-0.2, 0) is 4.74 Å². The van der Waals surface area contributed by atoms with Gasteiger partial charge < -0.3 is 14.8 Å². The molecule has 5 heterocycles. The molecule has 2 saturated heterocycles. The number of ether oxygens (including phenoxy) is 2. The molecule has 6 rings (SSSR count). The number of rotatable bonds is 7. The van der Waals surface area contributed by atoms with Gasteiger partial charge in [0.2, 0.25) is 11.8 Å². The van der Waals surface area contributed by atoms with Gasteiger partial charge in [0.25, 0.3) is 0 Å². The molecule has 4 aromatic rings. The van der Waals surface area contributed by atoms with Crippen molar-refractivity contribution in [1.29, 1.82) is 0 Å². The summed E-state index contributed by atoms with van der Waals surface area (Å²) in [6, 6.07) is 5.53. The molecule has 1 atom stereocenters. The summed E-state index contributed by atoms with van der Waals surface area (Å²) in [6.45, 7) is 4.74. The van der Waals surface area contributed by atoms with Gasteiger partial charge >= 0.3 is 0 Å². The Balaban J connectivity index is 1.31. The van der Waals surface area contributed by atoms with Crippen LogP contribution in [0.5, 0.6) is 5.88 Å². The maximum atomic E-state index is 15.3. The predicted octanol–water partition coefficient (Wildman–Crippen LogP) is 3.09. The van der Waals surface area contributed by atoms with E-state index in [0.29, 0.717) is 39.7 Å². The minimum atomic E-state index is -0.586. The first-order valence-corrected chi connectivity index (χ1v) is 12.2. The summed E-state index contributed by atoms with van der Waals surface area (Å²) in [5.74, 6) is 0.188. The van der Waals surface area contributed by atoms with E-state index in [0.717, 1.165) is 39.1 Å². The first-order chi connectivity index (χ1) is 17.6. The van der Waals surface area contributed by atoms with Gasteiger partial charge in [-0.05, 0) is 37.5 Å². The fourth-order valence-corrected chi connectivity index (χ4v) is 5.01. The van der Waals surface area contributed by atoms with Crippen LogP contribution in [-0.4, -0.2) is 86.7 Å². The van der Waals surface area contributed by atoms with E-state index in [2.05, 4.69) is 30.6 Å². The number of anilines is 1. The Morgan fingerprint density at radius 1 is 1.25 bits per heavy atom. The van der Waals surface area contributed by atoms with Gasteiger partial charge in [0, 0.05) is 19.1 Å². The van der Waals surface area contributed by atoms with Crippen molar-refractivity contribution in [2.45, 2.75) is 37.9 Å². The predicted molar refractivity (Wildman–Crippen MR) is 130 cm³/mol. The van der Waals surface area contributed by atoms with Crippen LogP contribution in [0.25, 0.3) is 27.7 Å². The number of alkyl halides is 1. The first kappa shape index (κ1) is 23.0. The second-order valence-corrected chi connectivity index (χ2v) is 9.48. The molecule has 2 aliphatic heterocycles. The monoisotopic (exact) mass is 498 g/mol. The molecule has 190 valence electrons. The lowest BCUT2D eigenvalue weighted by Crippen LogP contribution is -2.53. The number of hydrogen-bond donors (Lipinski definition) is 1. The molecule has 0 radical (unpaired) electrons. The fraction of sp³-hybridized carbons (Fsp3) is 0.500. The number of nitrogens with one attached hydrogen (secondary N) is 1. The third-order valence-electron chi connectivity index (χ3n) is 7.15. The molecule has 10 nitrogen and oxygen atoms in total. The fourth-order valence-electron chi connectivity index (χ4n) is 5.01. The molecule has 0 bridgehead atoms. The Bertz CT molecular complexity index is 1390. The number of aromatic nitrogens is 6. The summed E-state index contributed by atoms with van der Waals surface area (Å²) in [5.41, 5.74) is 2.52. The highest BCUT2D eigenvalue weighted by Gasteiger charge is 2.30. The summed E-state index contributed by atoms with van der Waals surface area (Å²) in [5, 5.41) is 16.1. The number of benzene rings is 1. The third-order valence-corrected chi connectivity index (χ3v) is 7.15. The zero-order valence-corrected chi connectivity index (χ0v) is 20.2. The molecule has 1 N–H and O–H groups in total. The summed E-state index contributed by atoms with van der Waals surface area (Å²) in [7, 11) is 1.51. The Labute approximate surface area is 206 Å². The van der Waals surface area contributed by atoms with Crippen LogP contribution in [0.15, 0.2) is 24.4 Å². The lowest BCUT2D eigenvalue weighted by Gasteiger charge is -2.41. The SMILES string of the molecule is COc1nc(NC2CCN(C3COC3)CC2)nn2cc(F)c(-c3ccc4nnn([C@H](C)CF)c4c3)c12. The highest BCUT2D eigenvalue weighted by Crippen LogP contribution is 2.35. The van der Waals surface area contributed by atoms with Crippen LogP contribution in [0.3, 0.4) is 0 Å². The summed E-state index contributed by atoms with van der Waals surface area (Å²) >= 11 is 0. The summed E-state index contributed by atoms with van der Waals surface area (Å²) < 4.78 is 42.5. The molecule has 2 aliphatic rings. The van der Waals surface area contributed by atoms with Gasteiger partial charge in [0.15, 0.2) is 5.82 Å². The van der Waals surface area contributed by atoms with Gasteiger partial charge in [0.05, 0.1) is 49.7 Å². The van der Waals surface area contributed by atoms with Gasteiger partial charge in [-0.1, -0.05) is 11.3 Å².